The second-order valence-corrected chi connectivity index (χ2v) is 5.89. The largest absolute Gasteiger partial charge is 0.492 e. The lowest BCUT2D eigenvalue weighted by Crippen LogP contribution is -2.33. The quantitative estimate of drug-likeness (QED) is 0.762. The molecule has 0 atom stereocenters. The summed E-state index contributed by atoms with van der Waals surface area (Å²) in [4.78, 5) is 0. The Morgan fingerprint density at radius 1 is 1.38 bits per heavy atom. The summed E-state index contributed by atoms with van der Waals surface area (Å²) in [7, 11) is -3.19. The zero-order chi connectivity index (χ0) is 12.0. The van der Waals surface area contributed by atoms with Crippen LogP contribution in [0, 0.1) is 6.07 Å². The number of ether oxygens (including phenoxy) is 1. The molecule has 0 bridgehead atoms. The number of rotatable bonds is 6. The first-order valence-corrected chi connectivity index (χ1v) is 6.64. The first-order chi connectivity index (χ1) is 7.52. The summed E-state index contributed by atoms with van der Waals surface area (Å²) < 4.78 is 30.5. The molecule has 0 aliphatic rings. The molecule has 4 nitrogen and oxygen atoms in total. The van der Waals surface area contributed by atoms with Gasteiger partial charge in [0.1, 0.15) is 12.4 Å². The maximum absolute atomic E-state index is 11.4. The third-order valence-electron chi connectivity index (χ3n) is 1.98. The molecule has 1 radical (unpaired) electrons. The zero-order valence-corrected chi connectivity index (χ0v) is 10.3. The van der Waals surface area contributed by atoms with E-state index in [2.05, 4.69) is 10.8 Å². The third-order valence-corrected chi connectivity index (χ3v) is 3.83. The van der Waals surface area contributed by atoms with Crippen molar-refractivity contribution in [2.75, 3.05) is 13.2 Å². The van der Waals surface area contributed by atoms with Gasteiger partial charge in [-0.15, -0.1) is 0 Å². The molecule has 0 saturated heterocycles. The molecule has 0 aliphatic carbocycles. The van der Waals surface area contributed by atoms with Gasteiger partial charge in [-0.3, -0.25) is 0 Å². The van der Waals surface area contributed by atoms with Crippen molar-refractivity contribution >= 4 is 10.0 Å². The van der Waals surface area contributed by atoms with Gasteiger partial charge in [0, 0.05) is 6.54 Å². The van der Waals surface area contributed by atoms with Crippen molar-refractivity contribution in [3.05, 3.63) is 30.3 Å². The minimum atomic E-state index is -3.19. The van der Waals surface area contributed by atoms with E-state index in [9.17, 15) is 8.42 Å². The fraction of sp³-hybridized carbons (Fsp3) is 0.455. The molecule has 1 N–H and O–H groups in total. The molecule has 1 rings (SSSR count). The van der Waals surface area contributed by atoms with Crippen LogP contribution >= 0.6 is 0 Å². The predicted octanol–water partition coefficient (Wildman–Crippen LogP) is 1.19. The molecule has 0 aromatic heterocycles. The first-order valence-electron chi connectivity index (χ1n) is 5.10. The molecule has 0 amide bonds. The Morgan fingerprint density at radius 3 is 2.56 bits per heavy atom. The van der Waals surface area contributed by atoms with E-state index in [0.717, 1.165) is 0 Å². The molecule has 0 unspecified atom stereocenters. The van der Waals surface area contributed by atoms with Crippen LogP contribution in [0.25, 0.3) is 0 Å². The van der Waals surface area contributed by atoms with Gasteiger partial charge in [0.2, 0.25) is 10.0 Å². The molecule has 16 heavy (non-hydrogen) atoms. The fourth-order valence-electron chi connectivity index (χ4n) is 0.987. The van der Waals surface area contributed by atoms with Crippen LogP contribution in [0.2, 0.25) is 0 Å². The van der Waals surface area contributed by atoms with Crippen LogP contribution in [0.5, 0.6) is 5.75 Å². The normalized spacial score (nSPS) is 11.7. The summed E-state index contributed by atoms with van der Waals surface area (Å²) in [6.45, 7) is 3.86. The number of benzene rings is 1. The van der Waals surface area contributed by atoms with Crippen LogP contribution in [-0.4, -0.2) is 26.8 Å². The minimum Gasteiger partial charge on any atom is -0.492 e. The molecular weight excluding hydrogens is 226 g/mol. The topological polar surface area (TPSA) is 55.4 Å². The molecule has 0 fully saturated rings. The summed E-state index contributed by atoms with van der Waals surface area (Å²) in [5, 5.41) is -0.418. The summed E-state index contributed by atoms with van der Waals surface area (Å²) in [6.07, 6.45) is 0. The summed E-state index contributed by atoms with van der Waals surface area (Å²) >= 11 is 0. The van der Waals surface area contributed by atoms with Crippen LogP contribution in [0.4, 0.5) is 0 Å². The summed E-state index contributed by atoms with van der Waals surface area (Å²) in [5.74, 6) is 0.711. The van der Waals surface area contributed by atoms with Crippen molar-refractivity contribution in [1.82, 2.24) is 4.72 Å². The average Bonchev–Trinajstić information content (AvgIpc) is 2.26. The van der Waals surface area contributed by atoms with Crippen molar-refractivity contribution in [3.63, 3.8) is 0 Å². The molecule has 89 valence electrons. The molecule has 0 spiro atoms. The van der Waals surface area contributed by atoms with E-state index in [4.69, 9.17) is 4.74 Å². The second-order valence-electron chi connectivity index (χ2n) is 3.57. The third kappa shape index (κ3) is 4.20. The Morgan fingerprint density at radius 2 is 2.00 bits per heavy atom. The summed E-state index contributed by atoms with van der Waals surface area (Å²) in [5.41, 5.74) is 0. The van der Waals surface area contributed by atoms with Gasteiger partial charge in [0.25, 0.3) is 0 Å². The Bertz CT molecular complexity index is 400. The zero-order valence-electron chi connectivity index (χ0n) is 9.43. The molecular formula is C11H16NO3S. The first kappa shape index (κ1) is 13.0. The molecule has 1 aromatic rings. The molecule has 0 heterocycles. The van der Waals surface area contributed by atoms with Crippen LogP contribution in [0.3, 0.4) is 0 Å². The lowest BCUT2D eigenvalue weighted by molar-refractivity contribution is 0.322. The lowest BCUT2D eigenvalue weighted by Gasteiger charge is -2.10. The van der Waals surface area contributed by atoms with Gasteiger partial charge in [-0.05, 0) is 32.0 Å². The van der Waals surface area contributed by atoms with E-state index in [1.165, 1.54) is 0 Å². The minimum absolute atomic E-state index is 0.277. The van der Waals surface area contributed by atoms with Gasteiger partial charge >= 0.3 is 0 Å². The number of sulfonamides is 1. The highest BCUT2D eigenvalue weighted by molar-refractivity contribution is 7.90. The van der Waals surface area contributed by atoms with E-state index in [1.54, 1.807) is 38.1 Å². The highest BCUT2D eigenvalue weighted by Gasteiger charge is 2.14. The predicted molar refractivity (Wildman–Crippen MR) is 62.8 cm³/mol. The highest BCUT2D eigenvalue weighted by Crippen LogP contribution is 2.07. The van der Waals surface area contributed by atoms with E-state index in [1.807, 2.05) is 0 Å². The maximum atomic E-state index is 11.4. The van der Waals surface area contributed by atoms with E-state index >= 15 is 0 Å². The Hall–Kier alpha value is -1.07. The average molecular weight is 242 g/mol. The molecule has 0 aliphatic heterocycles. The van der Waals surface area contributed by atoms with Crippen LogP contribution < -0.4 is 9.46 Å². The Labute approximate surface area is 96.7 Å². The second kappa shape index (κ2) is 5.86. The maximum Gasteiger partial charge on any atom is 0.214 e. The fourth-order valence-corrected chi connectivity index (χ4v) is 1.69. The summed E-state index contributed by atoms with van der Waals surface area (Å²) in [6, 6.07) is 9.91. The SMILES string of the molecule is CC(C)S(=O)(=O)NCCOc1cc[c]cc1. The number of nitrogens with one attached hydrogen (secondary N) is 1. The van der Waals surface area contributed by atoms with Crippen molar-refractivity contribution in [2.45, 2.75) is 19.1 Å². The molecule has 5 heteroatoms. The Kier molecular flexibility index (Phi) is 4.76. The smallest absolute Gasteiger partial charge is 0.214 e. The van der Waals surface area contributed by atoms with Crippen LogP contribution in [0.1, 0.15) is 13.8 Å². The van der Waals surface area contributed by atoms with E-state index in [0.29, 0.717) is 12.4 Å². The van der Waals surface area contributed by atoms with Gasteiger partial charge in [0.05, 0.1) is 5.25 Å². The van der Waals surface area contributed by atoms with Gasteiger partial charge in [-0.2, -0.15) is 0 Å². The van der Waals surface area contributed by atoms with Gasteiger partial charge in [-0.25, -0.2) is 13.1 Å². The standard InChI is InChI=1S/C11H16NO3S/c1-10(2)16(13,14)12-8-9-15-11-6-4-3-5-7-11/h4-7,10,12H,8-9H2,1-2H3. The van der Waals surface area contributed by atoms with Crippen LogP contribution in [0.15, 0.2) is 24.3 Å². The Balaban J connectivity index is 2.28. The van der Waals surface area contributed by atoms with E-state index < -0.39 is 15.3 Å². The van der Waals surface area contributed by atoms with Crippen molar-refractivity contribution in [1.29, 1.82) is 0 Å². The number of hydrogen-bond acceptors (Lipinski definition) is 3. The van der Waals surface area contributed by atoms with Crippen LogP contribution in [-0.2, 0) is 10.0 Å². The van der Waals surface area contributed by atoms with Gasteiger partial charge < -0.3 is 4.74 Å². The van der Waals surface area contributed by atoms with E-state index in [-0.39, 0.29) is 6.54 Å². The number of hydrogen-bond donors (Lipinski definition) is 1. The molecule has 1 aromatic carbocycles. The monoisotopic (exact) mass is 242 g/mol. The van der Waals surface area contributed by atoms with Gasteiger partial charge in [-0.1, -0.05) is 12.1 Å². The van der Waals surface area contributed by atoms with Crippen molar-refractivity contribution in [2.24, 2.45) is 0 Å². The highest BCUT2D eigenvalue weighted by atomic mass is 32.2. The molecule has 0 saturated carbocycles. The van der Waals surface area contributed by atoms with Crippen molar-refractivity contribution in [3.8, 4) is 5.75 Å². The van der Waals surface area contributed by atoms with Gasteiger partial charge in [0.15, 0.2) is 0 Å². The lowest BCUT2D eigenvalue weighted by atomic mass is 10.3. The van der Waals surface area contributed by atoms with Crippen molar-refractivity contribution < 1.29 is 13.2 Å².